The Morgan fingerprint density at radius 2 is 1.31 bits per heavy atom. The maximum Gasteiger partial charge on any atom is 0.308 e. The zero-order valence-electron chi connectivity index (χ0n) is 42.1. The lowest BCUT2D eigenvalue weighted by Gasteiger charge is -2.47. The number of aliphatic hydroxyl groups excluding tert-OH is 11. The molecule has 19 unspecified atom stereocenters. The van der Waals surface area contributed by atoms with Crippen LogP contribution < -0.4 is 0 Å². The van der Waals surface area contributed by atoms with E-state index in [0.29, 0.717) is 12.8 Å². The third-order valence-electron chi connectivity index (χ3n) is 14.5. The molecule has 0 aliphatic carbocycles. The van der Waals surface area contributed by atoms with Gasteiger partial charge in [0.05, 0.1) is 82.5 Å². The number of hydrogen-bond acceptors (Lipinski definition) is 25. The Bertz CT molecular complexity index is 1650. The predicted molar refractivity (Wildman–Crippen MR) is 241 cm³/mol. The van der Waals surface area contributed by atoms with Crippen molar-refractivity contribution in [3.05, 3.63) is 0 Å². The number of ether oxygens (including phenoxy) is 11. The van der Waals surface area contributed by atoms with Crippen molar-refractivity contribution in [2.45, 2.75) is 234 Å². The van der Waals surface area contributed by atoms with Crippen molar-refractivity contribution >= 4 is 11.9 Å². The molecule has 0 aromatic carbocycles. The topological polar surface area (TPSA) is 378 Å². The smallest absolute Gasteiger partial charge is 0.308 e. The van der Waals surface area contributed by atoms with Crippen molar-refractivity contribution in [2.75, 3.05) is 33.0 Å². The molecule has 0 aromatic heterocycles. The van der Waals surface area contributed by atoms with Gasteiger partial charge in [0.15, 0.2) is 31.3 Å². The Hall–Kier alpha value is -1.90. The summed E-state index contributed by atoms with van der Waals surface area (Å²) in [6.45, 7) is 10.2. The molecular weight excluding hydrogens is 964 g/mol. The summed E-state index contributed by atoms with van der Waals surface area (Å²) in [7, 11) is 0. The van der Waals surface area contributed by atoms with Crippen LogP contribution in [0.25, 0.3) is 0 Å². The molecular formula is C47H82O25. The highest BCUT2D eigenvalue weighted by Crippen LogP contribution is 2.35. The SMILES string of the molecule is CC[C@H](C)[C@H](C[C@H](O)CC(=O)OC1COC(C(C)C)C(OC2OC(C)C(OC3CC(OC4OCC(O)(CO)C4O)C(O)CO3)C(O)C2O)C1O)OC(=O)C[C@@H](O)C[C@H](OC1OC(CO)C(O)C1O)[C@@H](C)CC. The molecule has 420 valence electrons. The molecule has 5 aliphatic rings. The molecule has 5 aliphatic heterocycles. The fourth-order valence-electron chi connectivity index (χ4n) is 9.34. The first-order valence-electron chi connectivity index (χ1n) is 25.2. The summed E-state index contributed by atoms with van der Waals surface area (Å²) < 4.78 is 63.4. The third-order valence-corrected chi connectivity index (χ3v) is 14.5. The van der Waals surface area contributed by atoms with Gasteiger partial charge < -0.3 is 113 Å². The van der Waals surface area contributed by atoms with E-state index in [1.54, 1.807) is 20.8 Å². The van der Waals surface area contributed by atoms with Crippen LogP contribution in [-0.2, 0) is 61.7 Å². The van der Waals surface area contributed by atoms with E-state index < -0.39 is 185 Å². The van der Waals surface area contributed by atoms with E-state index in [-0.39, 0.29) is 50.2 Å². The molecule has 5 fully saturated rings. The number of aliphatic hydroxyl groups is 12. The van der Waals surface area contributed by atoms with Crippen LogP contribution >= 0.6 is 0 Å². The van der Waals surface area contributed by atoms with Gasteiger partial charge in [0.2, 0.25) is 0 Å². The van der Waals surface area contributed by atoms with Crippen LogP contribution in [0.3, 0.4) is 0 Å². The highest BCUT2D eigenvalue weighted by atomic mass is 16.8. The summed E-state index contributed by atoms with van der Waals surface area (Å²) >= 11 is 0. The Morgan fingerprint density at radius 1 is 0.681 bits per heavy atom. The molecule has 12 N–H and O–H groups in total. The van der Waals surface area contributed by atoms with Crippen LogP contribution in [0, 0.1) is 17.8 Å². The van der Waals surface area contributed by atoms with Crippen LogP contribution in [0.15, 0.2) is 0 Å². The second-order valence-corrected chi connectivity index (χ2v) is 20.4. The normalized spacial score (nSPS) is 41.1. The van der Waals surface area contributed by atoms with Gasteiger partial charge in [0, 0.05) is 19.3 Å². The lowest BCUT2D eigenvalue weighted by Crippen LogP contribution is -2.63. The number of carbonyl (C=O) groups is 2. The third kappa shape index (κ3) is 15.4. The van der Waals surface area contributed by atoms with Gasteiger partial charge in [-0.2, -0.15) is 0 Å². The Labute approximate surface area is 419 Å². The molecule has 5 rings (SSSR count). The van der Waals surface area contributed by atoms with E-state index in [1.165, 1.54) is 6.92 Å². The van der Waals surface area contributed by atoms with E-state index >= 15 is 0 Å². The first kappa shape index (κ1) is 61.0. The van der Waals surface area contributed by atoms with Crippen molar-refractivity contribution < 1.29 is 123 Å². The van der Waals surface area contributed by atoms with Gasteiger partial charge in [-0.15, -0.1) is 0 Å². The molecule has 72 heavy (non-hydrogen) atoms. The van der Waals surface area contributed by atoms with Crippen molar-refractivity contribution in [1.29, 1.82) is 0 Å². The maximum absolute atomic E-state index is 13.3. The summed E-state index contributed by atoms with van der Waals surface area (Å²) in [5.41, 5.74) is -1.96. The van der Waals surface area contributed by atoms with Crippen molar-refractivity contribution in [1.82, 2.24) is 0 Å². The first-order chi connectivity index (χ1) is 33.9. The molecule has 0 amide bonds. The van der Waals surface area contributed by atoms with Gasteiger partial charge in [-0.05, 0) is 24.7 Å². The number of esters is 2. The predicted octanol–water partition coefficient (Wildman–Crippen LogP) is -3.41. The molecule has 5 heterocycles. The highest BCUT2D eigenvalue weighted by molar-refractivity contribution is 5.71. The van der Waals surface area contributed by atoms with Crippen LogP contribution in [0.4, 0.5) is 0 Å². The average Bonchev–Trinajstić information content (AvgIpc) is 3.78. The Morgan fingerprint density at radius 3 is 1.90 bits per heavy atom. The van der Waals surface area contributed by atoms with Crippen LogP contribution in [0.2, 0.25) is 0 Å². The molecule has 0 spiro atoms. The highest BCUT2D eigenvalue weighted by Gasteiger charge is 2.53. The zero-order chi connectivity index (χ0) is 53.4. The monoisotopic (exact) mass is 1050 g/mol. The van der Waals surface area contributed by atoms with Crippen molar-refractivity contribution in [3.63, 3.8) is 0 Å². The van der Waals surface area contributed by atoms with Gasteiger partial charge in [0.1, 0.15) is 72.7 Å². The fourth-order valence-corrected chi connectivity index (χ4v) is 9.34. The van der Waals surface area contributed by atoms with E-state index in [0.717, 1.165) is 0 Å². The minimum absolute atomic E-state index is 0.0567. The largest absolute Gasteiger partial charge is 0.462 e. The standard InChI is InChI=1S/C47H82O25/c1-8-21(5)27(66-32(53)12-25(51)11-28(22(6)9-2)68-45-38(58)35(55)30(15-48)70-45)10-24(50)13-33(54)67-31-17-63-40(20(3)4)42(36(31)56)72-44-39(59)37(57)41(23(7)65-44)71-34-14-29(26(52)16-62-34)69-46-43(60)47(61,18-49)19-64-46/h20-31,34-46,48-52,55-61H,8-19H2,1-7H3/t21-,22-,23?,24-,25-,26?,27-,28-,29?,30?,31?,34?,35?,36?,37?,38?,39?,40?,41?,42?,43?,44?,45?,46?,47?/m0/s1. The average molecular weight is 1050 g/mol. The molecule has 5 saturated heterocycles. The summed E-state index contributed by atoms with van der Waals surface area (Å²) in [4.78, 5) is 26.5. The van der Waals surface area contributed by atoms with Crippen LogP contribution in [0.1, 0.15) is 93.4 Å². The van der Waals surface area contributed by atoms with E-state index in [2.05, 4.69) is 0 Å². The quantitative estimate of drug-likeness (QED) is 0.0397. The molecule has 0 aromatic rings. The fraction of sp³-hybridized carbons (Fsp3) is 0.957. The lowest BCUT2D eigenvalue weighted by molar-refractivity contribution is -0.353. The minimum atomic E-state index is -1.96. The summed E-state index contributed by atoms with van der Waals surface area (Å²) in [6, 6.07) is 0. The number of rotatable bonds is 25. The van der Waals surface area contributed by atoms with Gasteiger partial charge in [-0.3, -0.25) is 9.59 Å². The summed E-state index contributed by atoms with van der Waals surface area (Å²) in [5.74, 6) is -2.43. The minimum Gasteiger partial charge on any atom is -0.462 e. The molecule has 25 nitrogen and oxygen atoms in total. The molecule has 0 saturated carbocycles. The van der Waals surface area contributed by atoms with Crippen LogP contribution in [0.5, 0.6) is 0 Å². The molecule has 25 heteroatoms. The molecule has 25 atom stereocenters. The van der Waals surface area contributed by atoms with Gasteiger partial charge in [-0.1, -0.05) is 54.4 Å². The molecule has 0 radical (unpaired) electrons. The van der Waals surface area contributed by atoms with E-state index in [4.69, 9.17) is 52.1 Å². The summed E-state index contributed by atoms with van der Waals surface area (Å²) in [5, 5.41) is 127. The maximum atomic E-state index is 13.3. The Balaban J connectivity index is 1.12. The van der Waals surface area contributed by atoms with Gasteiger partial charge in [0.25, 0.3) is 0 Å². The second-order valence-electron chi connectivity index (χ2n) is 20.4. The van der Waals surface area contributed by atoms with E-state index in [1.807, 2.05) is 20.8 Å². The van der Waals surface area contributed by atoms with Gasteiger partial charge in [-0.25, -0.2) is 0 Å². The zero-order valence-corrected chi connectivity index (χ0v) is 42.1. The lowest BCUT2D eigenvalue weighted by atomic mass is 9.91. The van der Waals surface area contributed by atoms with Crippen molar-refractivity contribution in [3.8, 4) is 0 Å². The van der Waals surface area contributed by atoms with Crippen LogP contribution in [-0.4, -0.2) is 247 Å². The van der Waals surface area contributed by atoms with Crippen molar-refractivity contribution in [2.24, 2.45) is 17.8 Å². The molecule has 0 bridgehead atoms. The van der Waals surface area contributed by atoms with E-state index in [9.17, 15) is 70.9 Å². The number of hydrogen-bond donors (Lipinski definition) is 12. The summed E-state index contributed by atoms with van der Waals surface area (Å²) in [6.07, 6.45) is -28.1. The van der Waals surface area contributed by atoms with Gasteiger partial charge >= 0.3 is 11.9 Å². The Kier molecular flexibility index (Phi) is 23.2. The number of carbonyl (C=O) groups excluding carboxylic acids is 2. The second kappa shape index (κ2) is 27.4. The first-order valence-corrected chi connectivity index (χ1v) is 25.2.